The first-order valence-electron chi connectivity index (χ1n) is 7.48. The van der Waals surface area contributed by atoms with Gasteiger partial charge >= 0.3 is 5.69 Å². The molecule has 0 amide bonds. The molecule has 118 valence electrons. The summed E-state index contributed by atoms with van der Waals surface area (Å²) in [4.78, 5) is 12.7. The maximum atomic E-state index is 11.0. The second-order valence-corrected chi connectivity index (χ2v) is 5.76. The molecular weight excluding hydrogens is 292 g/mol. The number of nitro benzene ring substituents is 1. The van der Waals surface area contributed by atoms with Crippen molar-refractivity contribution in [2.45, 2.75) is 19.0 Å². The molecule has 1 N–H and O–H groups in total. The van der Waals surface area contributed by atoms with Gasteiger partial charge in [-0.2, -0.15) is 0 Å². The first-order valence-corrected chi connectivity index (χ1v) is 7.48. The topological polar surface area (TPSA) is 66.6 Å². The fraction of sp³-hybridized carbons (Fsp3) is 0.222. The molecule has 1 aliphatic heterocycles. The third-order valence-electron chi connectivity index (χ3n) is 4.24. The quantitative estimate of drug-likeness (QED) is 0.532. The number of nitrogens with zero attached hydrogens (tertiary/aromatic N) is 2. The molecule has 0 radical (unpaired) electrons. The van der Waals surface area contributed by atoms with Gasteiger partial charge in [-0.1, -0.05) is 42.5 Å². The van der Waals surface area contributed by atoms with E-state index in [1.165, 1.54) is 11.6 Å². The summed E-state index contributed by atoms with van der Waals surface area (Å²) in [5, 5.41) is 21.3. The minimum absolute atomic E-state index is 0.123. The Kier molecular flexibility index (Phi) is 4.12. The zero-order chi connectivity index (χ0) is 16.4. The van der Waals surface area contributed by atoms with Gasteiger partial charge in [-0.25, -0.2) is 0 Å². The van der Waals surface area contributed by atoms with E-state index in [2.05, 4.69) is 23.6 Å². The number of hydrogen-bond donors (Lipinski definition) is 1. The number of rotatable bonds is 4. The molecule has 0 saturated carbocycles. The highest BCUT2D eigenvalue weighted by Gasteiger charge is 2.30. The van der Waals surface area contributed by atoms with Gasteiger partial charge in [0.05, 0.1) is 4.92 Å². The van der Waals surface area contributed by atoms with Crippen LogP contribution in [-0.4, -0.2) is 21.5 Å². The van der Waals surface area contributed by atoms with E-state index in [4.69, 9.17) is 0 Å². The highest BCUT2D eigenvalue weighted by atomic mass is 16.6. The van der Waals surface area contributed by atoms with E-state index in [9.17, 15) is 15.2 Å². The standard InChI is InChI=1S/C18H18N2O3/c1-2-14-11-19(10-13-6-4-3-5-7-13)12-15-8-9-16(20(22)23)18(21)17(14)15/h2-9,14,21H,1,10-12H2/t14-/m0/s1. The third kappa shape index (κ3) is 2.96. The highest BCUT2D eigenvalue weighted by Crippen LogP contribution is 2.41. The number of nitro groups is 1. The van der Waals surface area contributed by atoms with Crippen LogP contribution in [0.5, 0.6) is 5.75 Å². The van der Waals surface area contributed by atoms with Gasteiger partial charge in [0.1, 0.15) is 0 Å². The van der Waals surface area contributed by atoms with Gasteiger partial charge in [0, 0.05) is 37.2 Å². The summed E-state index contributed by atoms with van der Waals surface area (Å²) < 4.78 is 0. The lowest BCUT2D eigenvalue weighted by molar-refractivity contribution is -0.386. The minimum atomic E-state index is -0.549. The summed E-state index contributed by atoms with van der Waals surface area (Å²) in [6.07, 6.45) is 1.75. The average Bonchev–Trinajstić information content (AvgIpc) is 2.55. The van der Waals surface area contributed by atoms with Gasteiger partial charge in [0.15, 0.2) is 5.75 Å². The molecule has 5 nitrogen and oxygen atoms in total. The lowest BCUT2D eigenvalue weighted by Crippen LogP contribution is -2.32. The molecule has 1 atom stereocenters. The van der Waals surface area contributed by atoms with Crippen LogP contribution < -0.4 is 0 Å². The largest absolute Gasteiger partial charge is 0.502 e. The Hall–Kier alpha value is -2.66. The van der Waals surface area contributed by atoms with Crippen LogP contribution in [0.25, 0.3) is 0 Å². The lowest BCUT2D eigenvalue weighted by Gasteiger charge is -2.33. The number of fused-ring (bicyclic) bond motifs is 1. The number of hydrogen-bond acceptors (Lipinski definition) is 4. The smallest absolute Gasteiger partial charge is 0.311 e. The van der Waals surface area contributed by atoms with Crippen molar-refractivity contribution < 1.29 is 10.0 Å². The first-order chi connectivity index (χ1) is 11.1. The Morgan fingerprint density at radius 2 is 2.04 bits per heavy atom. The summed E-state index contributed by atoms with van der Waals surface area (Å²) in [7, 11) is 0. The molecule has 0 spiro atoms. The van der Waals surface area contributed by atoms with E-state index in [-0.39, 0.29) is 17.4 Å². The number of benzene rings is 2. The molecule has 0 saturated heterocycles. The molecule has 0 aromatic heterocycles. The Balaban J connectivity index is 1.92. The van der Waals surface area contributed by atoms with Crippen molar-refractivity contribution in [3.63, 3.8) is 0 Å². The maximum absolute atomic E-state index is 11.0. The summed E-state index contributed by atoms with van der Waals surface area (Å²) >= 11 is 0. The Bertz CT molecular complexity index is 743. The van der Waals surface area contributed by atoms with Crippen LogP contribution in [-0.2, 0) is 13.1 Å². The van der Waals surface area contributed by atoms with E-state index in [1.807, 2.05) is 18.2 Å². The molecule has 0 fully saturated rings. The molecule has 0 unspecified atom stereocenters. The van der Waals surface area contributed by atoms with Gasteiger partial charge in [0.2, 0.25) is 0 Å². The maximum Gasteiger partial charge on any atom is 0.311 e. The second kappa shape index (κ2) is 6.22. The fourth-order valence-electron chi connectivity index (χ4n) is 3.17. The van der Waals surface area contributed by atoms with Gasteiger partial charge in [-0.3, -0.25) is 15.0 Å². The normalized spacial score (nSPS) is 17.5. The minimum Gasteiger partial charge on any atom is -0.502 e. The van der Waals surface area contributed by atoms with Crippen LogP contribution in [0.3, 0.4) is 0 Å². The third-order valence-corrected chi connectivity index (χ3v) is 4.24. The van der Waals surface area contributed by atoms with Crippen molar-refractivity contribution >= 4 is 5.69 Å². The Morgan fingerprint density at radius 3 is 2.70 bits per heavy atom. The average molecular weight is 310 g/mol. The van der Waals surface area contributed by atoms with E-state index >= 15 is 0 Å². The van der Waals surface area contributed by atoms with Crippen LogP contribution in [0.2, 0.25) is 0 Å². The summed E-state index contributed by atoms with van der Waals surface area (Å²) in [5.74, 6) is -0.348. The highest BCUT2D eigenvalue weighted by molar-refractivity contribution is 5.57. The van der Waals surface area contributed by atoms with Crippen LogP contribution in [0.15, 0.2) is 55.1 Å². The van der Waals surface area contributed by atoms with Crippen LogP contribution >= 0.6 is 0 Å². The molecule has 0 aliphatic carbocycles. The Morgan fingerprint density at radius 1 is 1.30 bits per heavy atom. The molecule has 1 aliphatic rings. The van der Waals surface area contributed by atoms with Crippen LogP contribution in [0.1, 0.15) is 22.6 Å². The van der Waals surface area contributed by atoms with Gasteiger partial charge in [0.25, 0.3) is 0 Å². The molecule has 2 aromatic rings. The summed E-state index contributed by atoms with van der Waals surface area (Å²) in [6.45, 7) is 5.96. The summed E-state index contributed by atoms with van der Waals surface area (Å²) in [6, 6.07) is 13.3. The molecule has 2 aromatic carbocycles. The molecule has 23 heavy (non-hydrogen) atoms. The number of aromatic hydroxyl groups is 1. The van der Waals surface area contributed by atoms with Gasteiger partial charge in [-0.15, -0.1) is 6.58 Å². The van der Waals surface area contributed by atoms with Crippen molar-refractivity contribution in [2.75, 3.05) is 6.54 Å². The predicted octanol–water partition coefficient (Wildman–Crippen LogP) is 3.59. The van der Waals surface area contributed by atoms with Crippen LogP contribution in [0, 0.1) is 10.1 Å². The second-order valence-electron chi connectivity index (χ2n) is 5.76. The zero-order valence-electron chi connectivity index (χ0n) is 12.7. The zero-order valence-corrected chi connectivity index (χ0v) is 12.7. The molecule has 5 heteroatoms. The van der Waals surface area contributed by atoms with E-state index in [0.29, 0.717) is 18.7 Å². The van der Waals surface area contributed by atoms with Gasteiger partial charge in [-0.05, 0) is 11.1 Å². The predicted molar refractivity (Wildman–Crippen MR) is 88.3 cm³/mol. The van der Waals surface area contributed by atoms with Crippen molar-refractivity contribution in [1.29, 1.82) is 0 Å². The molecule has 1 heterocycles. The molecule has 0 bridgehead atoms. The number of phenols is 1. The lowest BCUT2D eigenvalue weighted by atomic mass is 9.88. The monoisotopic (exact) mass is 310 g/mol. The van der Waals surface area contributed by atoms with Crippen molar-refractivity contribution in [3.05, 3.63) is 81.9 Å². The summed E-state index contributed by atoms with van der Waals surface area (Å²) in [5.41, 5.74) is 2.52. The first kappa shape index (κ1) is 15.2. The van der Waals surface area contributed by atoms with Crippen molar-refractivity contribution in [2.24, 2.45) is 0 Å². The van der Waals surface area contributed by atoms with Crippen molar-refractivity contribution in [1.82, 2.24) is 4.90 Å². The van der Waals surface area contributed by atoms with Gasteiger partial charge < -0.3 is 5.11 Å². The Labute approximate surface area is 134 Å². The SMILES string of the molecule is C=C[C@H]1CN(Cc2ccccc2)Cc2ccc([N+](=O)[O-])c(O)c21. The van der Waals surface area contributed by atoms with Crippen molar-refractivity contribution in [3.8, 4) is 5.75 Å². The van der Waals surface area contributed by atoms with E-state index in [1.54, 1.807) is 12.1 Å². The fourth-order valence-corrected chi connectivity index (χ4v) is 3.17. The molecular formula is C18H18N2O3. The van der Waals surface area contributed by atoms with E-state index < -0.39 is 4.92 Å². The molecule has 3 rings (SSSR count). The van der Waals surface area contributed by atoms with E-state index in [0.717, 1.165) is 12.1 Å². The van der Waals surface area contributed by atoms with Crippen LogP contribution in [0.4, 0.5) is 5.69 Å². The number of phenolic OH excluding ortho intramolecular Hbond substituents is 1.